The van der Waals surface area contributed by atoms with Crippen molar-refractivity contribution in [2.75, 3.05) is 0 Å². The second-order valence-electron chi connectivity index (χ2n) is 1.76. The van der Waals surface area contributed by atoms with Crippen LogP contribution in [0.15, 0.2) is 24.2 Å². The van der Waals surface area contributed by atoms with Crippen LogP contribution in [0.3, 0.4) is 0 Å². The fourth-order valence-electron chi connectivity index (χ4n) is 0.378. The first kappa shape index (κ1) is 7.08. The molecule has 0 fully saturated rings. The number of nitrogens with two attached hydrogens (primary N) is 1. The average Bonchev–Trinajstić information content (AvgIpc) is 1.65. The Morgan fingerprint density at radius 2 is 2.12 bits per heavy atom. The lowest BCUT2D eigenvalue weighted by Crippen LogP contribution is -2.07. The van der Waals surface area contributed by atoms with Crippen molar-refractivity contribution in [3.63, 3.8) is 0 Å². The smallest absolute Gasteiger partial charge is 0.0274 e. The lowest BCUT2D eigenvalue weighted by molar-refractivity contribution is 0.967. The van der Waals surface area contributed by atoms with Gasteiger partial charge < -0.3 is 11.1 Å². The molecule has 0 atom stereocenters. The van der Waals surface area contributed by atoms with Gasteiger partial charge in [0.15, 0.2) is 0 Å². The quantitative estimate of drug-likeness (QED) is 0.557. The molecule has 2 nitrogen and oxygen atoms in total. The molecule has 0 unspecified atom stereocenters. The van der Waals surface area contributed by atoms with Crippen molar-refractivity contribution in [3.05, 3.63) is 24.2 Å². The number of allylic oxidation sites excluding steroid dienone is 2. The first-order valence-corrected chi connectivity index (χ1v) is 2.48. The maximum absolute atomic E-state index is 5.15. The second kappa shape index (κ2) is 3.13. The van der Waals surface area contributed by atoms with E-state index in [-0.39, 0.29) is 0 Å². The molecule has 0 saturated carbocycles. The first-order valence-electron chi connectivity index (χ1n) is 2.48. The van der Waals surface area contributed by atoms with Crippen LogP contribution in [0.1, 0.15) is 13.8 Å². The van der Waals surface area contributed by atoms with E-state index in [4.69, 9.17) is 5.73 Å². The molecule has 0 heterocycles. The Morgan fingerprint density at radius 1 is 1.62 bits per heavy atom. The highest BCUT2D eigenvalue weighted by Crippen LogP contribution is 1.86. The number of hydrogen-bond acceptors (Lipinski definition) is 2. The van der Waals surface area contributed by atoms with E-state index in [1.54, 1.807) is 0 Å². The van der Waals surface area contributed by atoms with Gasteiger partial charge in [0.1, 0.15) is 0 Å². The van der Waals surface area contributed by atoms with E-state index >= 15 is 0 Å². The average molecular weight is 112 g/mol. The van der Waals surface area contributed by atoms with Gasteiger partial charge in [-0.05, 0) is 13.8 Å². The minimum Gasteiger partial charge on any atom is -0.403 e. The van der Waals surface area contributed by atoms with Crippen molar-refractivity contribution in [1.29, 1.82) is 0 Å². The van der Waals surface area contributed by atoms with E-state index < -0.39 is 0 Å². The Labute approximate surface area is 50.1 Å². The van der Waals surface area contributed by atoms with Crippen molar-refractivity contribution < 1.29 is 0 Å². The lowest BCUT2D eigenvalue weighted by Gasteiger charge is -2.01. The van der Waals surface area contributed by atoms with Crippen LogP contribution in [0.4, 0.5) is 0 Å². The Hall–Kier alpha value is -0.920. The minimum absolute atomic E-state index is 0.907. The Bertz CT molecular complexity index is 114. The maximum atomic E-state index is 5.15. The second-order valence-corrected chi connectivity index (χ2v) is 1.76. The molecule has 0 aromatic carbocycles. The van der Waals surface area contributed by atoms with E-state index in [1.807, 2.05) is 13.8 Å². The van der Waals surface area contributed by atoms with Crippen LogP contribution in [0.2, 0.25) is 0 Å². The Morgan fingerprint density at radius 3 is 2.25 bits per heavy atom. The normalized spacial score (nSPS) is 11.0. The van der Waals surface area contributed by atoms with E-state index in [0.717, 1.165) is 11.4 Å². The van der Waals surface area contributed by atoms with Gasteiger partial charge in [0.05, 0.1) is 0 Å². The molecule has 0 bridgehead atoms. The Balaban J connectivity index is 3.56. The van der Waals surface area contributed by atoms with Crippen molar-refractivity contribution in [1.82, 2.24) is 5.32 Å². The molecule has 0 rings (SSSR count). The lowest BCUT2D eigenvalue weighted by atomic mass is 10.5. The van der Waals surface area contributed by atoms with Gasteiger partial charge in [-0.25, -0.2) is 0 Å². The summed E-state index contributed by atoms with van der Waals surface area (Å²) in [7, 11) is 0. The van der Waals surface area contributed by atoms with Crippen molar-refractivity contribution in [2.45, 2.75) is 13.8 Å². The summed E-state index contributed by atoms with van der Waals surface area (Å²) in [6.07, 6.45) is 1.51. The van der Waals surface area contributed by atoms with Crippen molar-refractivity contribution >= 4 is 0 Å². The zero-order valence-corrected chi connectivity index (χ0v) is 5.36. The minimum atomic E-state index is 0.907. The highest BCUT2D eigenvalue weighted by molar-refractivity contribution is 5.01. The van der Waals surface area contributed by atoms with Gasteiger partial charge in [-0.1, -0.05) is 6.58 Å². The van der Waals surface area contributed by atoms with Crippen molar-refractivity contribution in [3.8, 4) is 0 Å². The SMILES string of the molecule is C=C(C)N/C(C)=C\N. The van der Waals surface area contributed by atoms with E-state index in [9.17, 15) is 0 Å². The van der Waals surface area contributed by atoms with E-state index in [0.29, 0.717) is 0 Å². The summed E-state index contributed by atoms with van der Waals surface area (Å²) in [6, 6.07) is 0. The predicted molar refractivity (Wildman–Crippen MR) is 35.9 cm³/mol. The summed E-state index contributed by atoms with van der Waals surface area (Å²) in [5.74, 6) is 0. The third-order valence-corrected chi connectivity index (χ3v) is 0.661. The number of rotatable bonds is 2. The van der Waals surface area contributed by atoms with Crippen LogP contribution in [-0.4, -0.2) is 0 Å². The van der Waals surface area contributed by atoms with Gasteiger partial charge in [0.2, 0.25) is 0 Å². The number of hydrogen-bond donors (Lipinski definition) is 2. The molecule has 3 N–H and O–H groups in total. The highest BCUT2D eigenvalue weighted by Gasteiger charge is 1.81. The molecule has 0 aliphatic carbocycles. The monoisotopic (exact) mass is 112 g/mol. The van der Waals surface area contributed by atoms with E-state index in [2.05, 4.69) is 11.9 Å². The van der Waals surface area contributed by atoms with Gasteiger partial charge >= 0.3 is 0 Å². The van der Waals surface area contributed by atoms with Gasteiger partial charge in [-0.2, -0.15) is 0 Å². The van der Waals surface area contributed by atoms with Gasteiger partial charge in [-0.15, -0.1) is 0 Å². The zero-order chi connectivity index (χ0) is 6.57. The van der Waals surface area contributed by atoms with E-state index in [1.165, 1.54) is 6.20 Å². The van der Waals surface area contributed by atoms with Crippen LogP contribution in [0.25, 0.3) is 0 Å². The van der Waals surface area contributed by atoms with Crippen LogP contribution in [0, 0.1) is 0 Å². The Kier molecular flexibility index (Phi) is 2.77. The van der Waals surface area contributed by atoms with Gasteiger partial charge in [-0.3, -0.25) is 0 Å². The first-order chi connectivity index (χ1) is 3.66. The molecule has 0 spiro atoms. The summed E-state index contributed by atoms with van der Waals surface area (Å²) in [5.41, 5.74) is 6.99. The molecule has 0 saturated heterocycles. The molecule has 0 aliphatic rings. The maximum Gasteiger partial charge on any atom is 0.0274 e. The molecule has 2 heteroatoms. The summed E-state index contributed by atoms with van der Waals surface area (Å²) in [6.45, 7) is 7.40. The highest BCUT2D eigenvalue weighted by atomic mass is 14.9. The topological polar surface area (TPSA) is 38.0 Å². The summed E-state index contributed by atoms with van der Waals surface area (Å²) >= 11 is 0. The third-order valence-electron chi connectivity index (χ3n) is 0.661. The molecule has 0 aromatic rings. The van der Waals surface area contributed by atoms with Crippen LogP contribution in [0.5, 0.6) is 0 Å². The largest absolute Gasteiger partial charge is 0.403 e. The van der Waals surface area contributed by atoms with Gasteiger partial charge in [0, 0.05) is 17.6 Å². The predicted octanol–water partition coefficient (Wildman–Crippen LogP) is 0.930. The molecule has 0 aliphatic heterocycles. The fourth-order valence-corrected chi connectivity index (χ4v) is 0.378. The number of nitrogens with one attached hydrogen (secondary N) is 1. The summed E-state index contributed by atoms with van der Waals surface area (Å²) < 4.78 is 0. The molecule has 0 aromatic heterocycles. The third kappa shape index (κ3) is 3.28. The fraction of sp³-hybridized carbons (Fsp3) is 0.333. The summed E-state index contributed by atoms with van der Waals surface area (Å²) in [5, 5.41) is 2.93. The molecular weight excluding hydrogens is 100 g/mol. The molecule has 8 heavy (non-hydrogen) atoms. The van der Waals surface area contributed by atoms with Crippen LogP contribution < -0.4 is 11.1 Å². The molecular formula is C6H12N2. The van der Waals surface area contributed by atoms with Crippen LogP contribution >= 0.6 is 0 Å². The molecule has 46 valence electrons. The van der Waals surface area contributed by atoms with Crippen LogP contribution in [-0.2, 0) is 0 Å². The summed E-state index contributed by atoms with van der Waals surface area (Å²) in [4.78, 5) is 0. The van der Waals surface area contributed by atoms with Crippen molar-refractivity contribution in [2.24, 2.45) is 5.73 Å². The molecule has 0 amide bonds. The van der Waals surface area contributed by atoms with Gasteiger partial charge in [0.25, 0.3) is 0 Å². The molecule has 0 radical (unpaired) electrons. The zero-order valence-electron chi connectivity index (χ0n) is 5.36. The standard InChI is InChI=1S/C6H12N2/c1-5(2)8-6(3)4-7/h4,8H,1,7H2,2-3H3/b6-4-.